The molecule has 1 fully saturated rings. The SMILES string of the molecule is CCCCNC(=O)CC1CCCCN(Cc2ccccc2)C1=O. The Morgan fingerprint density at radius 2 is 2.04 bits per heavy atom. The summed E-state index contributed by atoms with van der Waals surface area (Å²) in [6.45, 7) is 4.25. The standard InChI is InChI=1S/C19H28N2O2/c1-2-3-12-20-18(22)14-17-11-7-8-13-21(19(17)23)15-16-9-5-4-6-10-16/h4-6,9-10,17H,2-3,7-8,11-15H2,1H3,(H,20,22). The van der Waals surface area contributed by atoms with Gasteiger partial charge >= 0.3 is 0 Å². The van der Waals surface area contributed by atoms with Gasteiger partial charge in [0.25, 0.3) is 0 Å². The number of benzene rings is 1. The van der Waals surface area contributed by atoms with Gasteiger partial charge in [0.15, 0.2) is 0 Å². The molecule has 1 N–H and O–H groups in total. The number of nitrogens with zero attached hydrogens (tertiary/aromatic N) is 1. The zero-order valence-electron chi connectivity index (χ0n) is 14.1. The van der Waals surface area contributed by atoms with Crippen LogP contribution in [0, 0.1) is 5.92 Å². The highest BCUT2D eigenvalue weighted by molar-refractivity contribution is 5.86. The molecule has 2 amide bonds. The molecular weight excluding hydrogens is 288 g/mol. The normalized spacial score (nSPS) is 18.6. The van der Waals surface area contributed by atoms with Gasteiger partial charge in [-0.15, -0.1) is 0 Å². The van der Waals surface area contributed by atoms with Gasteiger partial charge < -0.3 is 10.2 Å². The highest BCUT2D eigenvalue weighted by Gasteiger charge is 2.28. The van der Waals surface area contributed by atoms with E-state index in [0.29, 0.717) is 19.5 Å². The Morgan fingerprint density at radius 3 is 2.78 bits per heavy atom. The molecule has 0 aliphatic carbocycles. The molecule has 0 bridgehead atoms. The number of hydrogen-bond acceptors (Lipinski definition) is 2. The Bertz CT molecular complexity index is 501. The number of unbranched alkanes of at least 4 members (excludes halogenated alkanes) is 1. The second kappa shape index (κ2) is 9.33. The summed E-state index contributed by atoms with van der Waals surface area (Å²) in [5.74, 6) is -0.0156. The monoisotopic (exact) mass is 316 g/mol. The van der Waals surface area contributed by atoms with Crippen LogP contribution in [0.2, 0.25) is 0 Å². The van der Waals surface area contributed by atoms with E-state index in [2.05, 4.69) is 12.2 Å². The third kappa shape index (κ3) is 5.70. The maximum atomic E-state index is 12.8. The van der Waals surface area contributed by atoms with E-state index in [0.717, 1.165) is 44.2 Å². The minimum atomic E-state index is -0.164. The second-order valence-electron chi connectivity index (χ2n) is 6.35. The molecule has 23 heavy (non-hydrogen) atoms. The Hall–Kier alpha value is -1.84. The van der Waals surface area contributed by atoms with Crippen molar-refractivity contribution >= 4 is 11.8 Å². The first-order valence-corrected chi connectivity index (χ1v) is 8.80. The van der Waals surface area contributed by atoms with Crippen LogP contribution in [0.4, 0.5) is 0 Å². The molecule has 1 unspecified atom stereocenters. The quantitative estimate of drug-likeness (QED) is 0.786. The molecule has 4 nitrogen and oxygen atoms in total. The Balaban J connectivity index is 1.92. The lowest BCUT2D eigenvalue weighted by atomic mass is 9.98. The lowest BCUT2D eigenvalue weighted by Crippen LogP contribution is -2.37. The number of hydrogen-bond donors (Lipinski definition) is 1. The van der Waals surface area contributed by atoms with Crippen LogP contribution in [0.1, 0.15) is 51.0 Å². The van der Waals surface area contributed by atoms with Gasteiger partial charge in [0.2, 0.25) is 11.8 Å². The molecule has 1 heterocycles. The minimum absolute atomic E-state index is 0.0124. The van der Waals surface area contributed by atoms with E-state index in [1.165, 1.54) is 0 Å². The van der Waals surface area contributed by atoms with Gasteiger partial charge in [-0.1, -0.05) is 50.1 Å². The largest absolute Gasteiger partial charge is 0.356 e. The van der Waals surface area contributed by atoms with E-state index >= 15 is 0 Å². The van der Waals surface area contributed by atoms with Crippen molar-refractivity contribution in [3.8, 4) is 0 Å². The molecule has 0 radical (unpaired) electrons. The number of carbonyl (C=O) groups excluding carboxylic acids is 2. The van der Waals surface area contributed by atoms with Crippen LogP contribution in [-0.4, -0.2) is 29.8 Å². The summed E-state index contributed by atoms with van der Waals surface area (Å²) in [5, 5.41) is 2.93. The third-order valence-electron chi connectivity index (χ3n) is 4.39. The van der Waals surface area contributed by atoms with Crippen molar-refractivity contribution in [2.24, 2.45) is 5.92 Å². The number of amides is 2. The van der Waals surface area contributed by atoms with Crippen LogP contribution in [0.5, 0.6) is 0 Å². The predicted octanol–water partition coefficient (Wildman–Crippen LogP) is 3.12. The first-order chi connectivity index (χ1) is 11.2. The van der Waals surface area contributed by atoms with Gasteiger partial charge in [0.1, 0.15) is 0 Å². The van der Waals surface area contributed by atoms with Crippen molar-refractivity contribution in [2.45, 2.75) is 52.0 Å². The van der Waals surface area contributed by atoms with Gasteiger partial charge in [0.05, 0.1) is 0 Å². The van der Waals surface area contributed by atoms with Crippen molar-refractivity contribution in [2.75, 3.05) is 13.1 Å². The Kier molecular flexibility index (Phi) is 7.11. The van der Waals surface area contributed by atoms with E-state index in [-0.39, 0.29) is 17.7 Å². The molecule has 1 aromatic rings. The van der Waals surface area contributed by atoms with E-state index < -0.39 is 0 Å². The third-order valence-corrected chi connectivity index (χ3v) is 4.39. The lowest BCUT2D eigenvalue weighted by molar-refractivity contribution is -0.138. The summed E-state index contributed by atoms with van der Waals surface area (Å²) in [6.07, 6.45) is 5.24. The topological polar surface area (TPSA) is 49.4 Å². The van der Waals surface area contributed by atoms with Gasteiger partial charge in [-0.2, -0.15) is 0 Å². The van der Waals surface area contributed by atoms with E-state index in [9.17, 15) is 9.59 Å². The fourth-order valence-electron chi connectivity index (χ4n) is 3.04. The highest BCUT2D eigenvalue weighted by atomic mass is 16.2. The van der Waals surface area contributed by atoms with Crippen LogP contribution in [0.15, 0.2) is 30.3 Å². The smallest absolute Gasteiger partial charge is 0.226 e. The van der Waals surface area contributed by atoms with Crippen molar-refractivity contribution in [1.29, 1.82) is 0 Å². The number of rotatable bonds is 7. The Morgan fingerprint density at radius 1 is 1.26 bits per heavy atom. The first kappa shape index (κ1) is 17.5. The molecule has 1 saturated heterocycles. The number of likely N-dealkylation sites (tertiary alicyclic amines) is 1. The molecule has 1 atom stereocenters. The average Bonchev–Trinajstić information content (AvgIpc) is 2.72. The highest BCUT2D eigenvalue weighted by Crippen LogP contribution is 2.22. The molecule has 126 valence electrons. The summed E-state index contributed by atoms with van der Waals surface area (Å²) < 4.78 is 0. The number of carbonyl (C=O) groups is 2. The lowest BCUT2D eigenvalue weighted by Gasteiger charge is -2.24. The van der Waals surface area contributed by atoms with Crippen molar-refractivity contribution in [3.63, 3.8) is 0 Å². The van der Waals surface area contributed by atoms with Crippen molar-refractivity contribution < 1.29 is 9.59 Å². The summed E-state index contributed by atoms with van der Waals surface area (Å²) in [4.78, 5) is 26.7. The van der Waals surface area contributed by atoms with E-state index in [1.54, 1.807) is 0 Å². The maximum absolute atomic E-state index is 12.8. The molecule has 1 aliphatic heterocycles. The average molecular weight is 316 g/mol. The molecule has 0 spiro atoms. The molecule has 1 aromatic carbocycles. The van der Waals surface area contributed by atoms with Gasteiger partial charge in [-0.25, -0.2) is 0 Å². The molecule has 4 heteroatoms. The number of nitrogens with one attached hydrogen (secondary N) is 1. The second-order valence-corrected chi connectivity index (χ2v) is 6.35. The summed E-state index contributed by atoms with van der Waals surface area (Å²) in [7, 11) is 0. The van der Waals surface area contributed by atoms with Gasteiger partial charge in [0, 0.05) is 32.0 Å². The zero-order valence-corrected chi connectivity index (χ0v) is 14.1. The van der Waals surface area contributed by atoms with E-state index in [4.69, 9.17) is 0 Å². The summed E-state index contributed by atoms with van der Waals surface area (Å²) >= 11 is 0. The summed E-state index contributed by atoms with van der Waals surface area (Å²) in [5.41, 5.74) is 1.15. The van der Waals surface area contributed by atoms with Gasteiger partial charge in [-0.3, -0.25) is 9.59 Å². The van der Waals surface area contributed by atoms with Crippen LogP contribution < -0.4 is 5.32 Å². The molecular formula is C19H28N2O2. The fraction of sp³-hybridized carbons (Fsp3) is 0.579. The Labute approximate surface area is 139 Å². The zero-order chi connectivity index (χ0) is 16.5. The van der Waals surface area contributed by atoms with Crippen LogP contribution in [0.3, 0.4) is 0 Å². The van der Waals surface area contributed by atoms with Crippen LogP contribution >= 0.6 is 0 Å². The molecule has 2 rings (SSSR count). The van der Waals surface area contributed by atoms with Crippen molar-refractivity contribution in [1.82, 2.24) is 10.2 Å². The predicted molar refractivity (Wildman–Crippen MR) is 91.7 cm³/mol. The minimum Gasteiger partial charge on any atom is -0.356 e. The summed E-state index contributed by atoms with van der Waals surface area (Å²) in [6, 6.07) is 10.1. The van der Waals surface area contributed by atoms with Gasteiger partial charge in [-0.05, 0) is 24.8 Å². The first-order valence-electron chi connectivity index (χ1n) is 8.80. The molecule has 1 aliphatic rings. The molecule has 0 aromatic heterocycles. The fourth-order valence-corrected chi connectivity index (χ4v) is 3.04. The van der Waals surface area contributed by atoms with Crippen molar-refractivity contribution in [3.05, 3.63) is 35.9 Å². The molecule has 0 saturated carbocycles. The van der Waals surface area contributed by atoms with Crippen LogP contribution in [-0.2, 0) is 16.1 Å². The van der Waals surface area contributed by atoms with E-state index in [1.807, 2.05) is 35.2 Å². The van der Waals surface area contributed by atoms with Crippen LogP contribution in [0.25, 0.3) is 0 Å². The maximum Gasteiger partial charge on any atom is 0.226 e.